The molecule has 1 amide bonds. The van der Waals surface area contributed by atoms with Crippen LogP contribution in [0.2, 0.25) is 0 Å². The number of rotatable bonds is 2. The number of β-amino-alcohol motifs (C(OH)–C–C–N with tert-alkyl or cyclic N) is 1. The minimum absolute atomic E-state index is 0.0127. The van der Waals surface area contributed by atoms with Crippen LogP contribution >= 0.6 is 22.6 Å². The molecule has 1 aliphatic heterocycles. The summed E-state index contributed by atoms with van der Waals surface area (Å²) in [6, 6.07) is 2.64. The lowest BCUT2D eigenvalue weighted by Crippen LogP contribution is -2.40. The number of carboxylic acid groups (broad SMARTS) is 1. The van der Waals surface area contributed by atoms with Crippen molar-refractivity contribution in [2.75, 3.05) is 6.54 Å². The van der Waals surface area contributed by atoms with Crippen LogP contribution in [0.25, 0.3) is 0 Å². The highest BCUT2D eigenvalue weighted by atomic mass is 127. The maximum atomic E-state index is 13.0. The van der Waals surface area contributed by atoms with E-state index in [4.69, 9.17) is 5.11 Å². The number of amides is 1. The number of aliphatic carboxylic acids is 1. The highest BCUT2D eigenvalue weighted by Gasteiger charge is 2.39. The van der Waals surface area contributed by atoms with Gasteiger partial charge < -0.3 is 15.1 Å². The first kappa shape index (κ1) is 14.2. The van der Waals surface area contributed by atoms with Gasteiger partial charge in [-0.1, -0.05) is 0 Å². The molecular formula is C12H11FINO4. The summed E-state index contributed by atoms with van der Waals surface area (Å²) in [5, 5.41) is 18.6. The molecule has 1 aliphatic rings. The van der Waals surface area contributed by atoms with Crippen molar-refractivity contribution in [2.45, 2.75) is 18.6 Å². The zero-order chi connectivity index (χ0) is 14.2. The fourth-order valence-electron chi connectivity index (χ4n) is 2.09. The molecule has 19 heavy (non-hydrogen) atoms. The van der Waals surface area contributed by atoms with Gasteiger partial charge in [0.2, 0.25) is 0 Å². The third kappa shape index (κ3) is 2.86. The molecule has 1 aromatic carbocycles. The largest absolute Gasteiger partial charge is 0.480 e. The number of aliphatic hydroxyl groups excluding tert-OH is 1. The molecule has 2 atom stereocenters. The van der Waals surface area contributed by atoms with Crippen molar-refractivity contribution < 1.29 is 24.2 Å². The summed E-state index contributed by atoms with van der Waals surface area (Å²) in [5.74, 6) is -2.12. The minimum Gasteiger partial charge on any atom is -0.480 e. The van der Waals surface area contributed by atoms with Crippen LogP contribution in [-0.4, -0.2) is 45.7 Å². The summed E-state index contributed by atoms with van der Waals surface area (Å²) in [7, 11) is 0. The summed E-state index contributed by atoms with van der Waals surface area (Å²) in [6.07, 6.45) is -0.832. The number of hydrogen-bond donors (Lipinski definition) is 2. The van der Waals surface area contributed by atoms with E-state index in [1.807, 2.05) is 22.6 Å². The van der Waals surface area contributed by atoms with Gasteiger partial charge >= 0.3 is 5.97 Å². The second-order valence-electron chi connectivity index (χ2n) is 4.33. The van der Waals surface area contributed by atoms with Crippen molar-refractivity contribution in [2.24, 2.45) is 0 Å². The summed E-state index contributed by atoms with van der Waals surface area (Å²) >= 11 is 1.82. The summed E-state index contributed by atoms with van der Waals surface area (Å²) in [4.78, 5) is 24.4. The Morgan fingerprint density at radius 2 is 2.11 bits per heavy atom. The summed E-state index contributed by atoms with van der Waals surface area (Å²) in [5.41, 5.74) is 0.238. The number of carboxylic acids is 1. The van der Waals surface area contributed by atoms with Gasteiger partial charge in [-0.15, -0.1) is 0 Å². The van der Waals surface area contributed by atoms with E-state index in [0.717, 1.165) is 11.0 Å². The molecule has 0 spiro atoms. The molecule has 0 radical (unpaired) electrons. The third-order valence-corrected chi connectivity index (χ3v) is 3.88. The highest BCUT2D eigenvalue weighted by molar-refractivity contribution is 14.1. The zero-order valence-corrected chi connectivity index (χ0v) is 11.9. The second kappa shape index (κ2) is 5.41. The highest BCUT2D eigenvalue weighted by Crippen LogP contribution is 2.23. The summed E-state index contributed by atoms with van der Waals surface area (Å²) < 4.78 is 13.4. The Hall–Kier alpha value is -1.22. The van der Waals surface area contributed by atoms with Gasteiger partial charge in [0.15, 0.2) is 0 Å². The smallest absolute Gasteiger partial charge is 0.326 e. The van der Waals surface area contributed by atoms with Gasteiger partial charge in [-0.05, 0) is 40.8 Å². The predicted molar refractivity (Wildman–Crippen MR) is 72.2 cm³/mol. The van der Waals surface area contributed by atoms with E-state index in [1.54, 1.807) is 0 Å². The Kier molecular flexibility index (Phi) is 4.04. The predicted octanol–water partition coefficient (Wildman–Crippen LogP) is 1.09. The van der Waals surface area contributed by atoms with Crippen LogP contribution in [0, 0.1) is 9.39 Å². The zero-order valence-electron chi connectivity index (χ0n) is 9.72. The fourth-order valence-corrected chi connectivity index (χ4v) is 2.80. The third-order valence-electron chi connectivity index (χ3n) is 2.99. The lowest BCUT2D eigenvalue weighted by molar-refractivity contribution is -0.141. The molecule has 0 aromatic heterocycles. The molecule has 1 heterocycles. The fraction of sp³-hybridized carbons (Fsp3) is 0.333. The molecule has 2 N–H and O–H groups in total. The minimum atomic E-state index is -1.15. The van der Waals surface area contributed by atoms with Gasteiger partial charge in [0.1, 0.15) is 11.9 Å². The van der Waals surface area contributed by atoms with Crippen molar-refractivity contribution in [1.29, 1.82) is 0 Å². The van der Waals surface area contributed by atoms with E-state index in [9.17, 15) is 19.1 Å². The van der Waals surface area contributed by atoms with Gasteiger partial charge in [0.25, 0.3) is 5.91 Å². The Bertz CT molecular complexity index is 536. The first-order valence-corrected chi connectivity index (χ1v) is 6.65. The standard InChI is InChI=1S/C12H11FINO4/c13-6-1-2-8(9(14)3-6)11(17)15-5-7(16)4-10(15)12(18)19/h1-3,7,10,16H,4-5H2,(H,18,19)/t7-,10+/m1/s1. The number of nitrogens with zero attached hydrogens (tertiary/aromatic N) is 1. The van der Waals surface area contributed by atoms with Crippen molar-refractivity contribution in [3.63, 3.8) is 0 Å². The first-order chi connectivity index (χ1) is 8.90. The van der Waals surface area contributed by atoms with Crippen LogP contribution < -0.4 is 0 Å². The van der Waals surface area contributed by atoms with Crippen molar-refractivity contribution in [3.05, 3.63) is 33.1 Å². The van der Waals surface area contributed by atoms with E-state index in [-0.39, 0.29) is 18.5 Å². The van der Waals surface area contributed by atoms with Gasteiger partial charge in [-0.25, -0.2) is 9.18 Å². The quantitative estimate of drug-likeness (QED) is 0.755. The maximum Gasteiger partial charge on any atom is 0.326 e. The van der Waals surface area contributed by atoms with Gasteiger partial charge in [0.05, 0.1) is 11.7 Å². The second-order valence-corrected chi connectivity index (χ2v) is 5.49. The van der Waals surface area contributed by atoms with E-state index in [1.165, 1.54) is 12.1 Å². The Morgan fingerprint density at radius 3 is 2.68 bits per heavy atom. The molecule has 0 unspecified atom stereocenters. The number of likely N-dealkylation sites (tertiary alicyclic amines) is 1. The van der Waals surface area contributed by atoms with Crippen LogP contribution in [0.5, 0.6) is 0 Å². The molecule has 0 aliphatic carbocycles. The number of hydrogen-bond acceptors (Lipinski definition) is 3. The van der Waals surface area contributed by atoms with E-state index in [0.29, 0.717) is 3.57 Å². The van der Waals surface area contributed by atoms with Crippen molar-refractivity contribution in [1.82, 2.24) is 4.90 Å². The normalized spacial score (nSPS) is 22.6. The van der Waals surface area contributed by atoms with Crippen LogP contribution in [-0.2, 0) is 4.79 Å². The average molecular weight is 379 g/mol. The monoisotopic (exact) mass is 379 g/mol. The number of benzene rings is 1. The molecule has 2 rings (SSSR count). The van der Waals surface area contributed by atoms with Crippen molar-refractivity contribution >= 4 is 34.5 Å². The Labute approximate surface area is 122 Å². The topological polar surface area (TPSA) is 77.8 Å². The Balaban J connectivity index is 2.30. The lowest BCUT2D eigenvalue weighted by Gasteiger charge is -2.21. The van der Waals surface area contributed by atoms with Gasteiger partial charge in [-0.3, -0.25) is 4.79 Å². The molecule has 0 bridgehead atoms. The number of carbonyl (C=O) groups is 2. The summed E-state index contributed by atoms with van der Waals surface area (Å²) in [6.45, 7) is -0.0245. The van der Waals surface area contributed by atoms with Crippen LogP contribution in [0.1, 0.15) is 16.8 Å². The molecular weight excluding hydrogens is 368 g/mol. The van der Waals surface area contributed by atoms with Crippen LogP contribution in [0.15, 0.2) is 18.2 Å². The van der Waals surface area contributed by atoms with Crippen LogP contribution in [0.4, 0.5) is 4.39 Å². The number of aliphatic hydroxyl groups is 1. The SMILES string of the molecule is O=C(O)[C@@H]1C[C@@H](O)CN1C(=O)c1ccc(F)cc1I. The molecule has 5 nitrogen and oxygen atoms in total. The van der Waals surface area contributed by atoms with E-state index < -0.39 is 29.8 Å². The molecule has 1 saturated heterocycles. The van der Waals surface area contributed by atoms with Gasteiger partial charge in [-0.2, -0.15) is 0 Å². The molecule has 0 saturated carbocycles. The van der Waals surface area contributed by atoms with Crippen LogP contribution in [0.3, 0.4) is 0 Å². The van der Waals surface area contributed by atoms with E-state index in [2.05, 4.69) is 0 Å². The average Bonchev–Trinajstić information content (AvgIpc) is 2.70. The first-order valence-electron chi connectivity index (χ1n) is 5.57. The molecule has 1 fully saturated rings. The van der Waals surface area contributed by atoms with E-state index >= 15 is 0 Å². The molecule has 1 aromatic rings. The molecule has 7 heteroatoms. The lowest BCUT2D eigenvalue weighted by atomic mass is 10.1. The maximum absolute atomic E-state index is 13.0. The molecule has 102 valence electrons. The van der Waals surface area contributed by atoms with Crippen molar-refractivity contribution in [3.8, 4) is 0 Å². The number of halogens is 2. The Morgan fingerprint density at radius 1 is 1.42 bits per heavy atom. The van der Waals surface area contributed by atoms with Gasteiger partial charge in [0, 0.05) is 16.5 Å². The number of carbonyl (C=O) groups excluding carboxylic acids is 1.